The van der Waals surface area contributed by atoms with Gasteiger partial charge in [-0.25, -0.2) is 0 Å². The smallest absolute Gasteiger partial charge is 0.279 e. The van der Waals surface area contributed by atoms with E-state index in [9.17, 15) is 17.1 Å². The van der Waals surface area contributed by atoms with Gasteiger partial charge < -0.3 is 0 Å². The van der Waals surface area contributed by atoms with Gasteiger partial charge in [-0.1, -0.05) is 23.2 Å². The molecule has 0 N–H and O–H groups in total. The zero-order valence-electron chi connectivity index (χ0n) is 8.98. The van der Waals surface area contributed by atoms with Crippen molar-refractivity contribution < 1.29 is 17.1 Å². The summed E-state index contributed by atoms with van der Waals surface area (Å²) in [5, 5.41) is -1.49. The number of carbonyl (C=O) groups is 1. The summed E-state index contributed by atoms with van der Waals surface area (Å²) in [5.74, 6) is -0.768. The van der Waals surface area contributed by atoms with E-state index < -0.39 is 27.8 Å². The van der Waals surface area contributed by atoms with Crippen molar-refractivity contribution >= 4 is 61.2 Å². The maximum atomic E-state index is 12.9. The topological polar surface area (TPSA) is 80.2 Å². The number of rotatable bonds is 2. The van der Waals surface area contributed by atoms with Gasteiger partial charge in [0.25, 0.3) is 0 Å². The highest BCUT2D eigenvalue weighted by Gasteiger charge is 2.40. The van der Waals surface area contributed by atoms with Gasteiger partial charge in [0.05, 0.1) is 4.47 Å². The summed E-state index contributed by atoms with van der Waals surface area (Å²) in [6, 6.07) is 0. The van der Waals surface area contributed by atoms with Crippen LogP contribution in [0.15, 0.2) is 4.47 Å². The first-order valence-electron chi connectivity index (χ1n) is 4.82. The average molecular weight is 393 g/mol. The highest BCUT2D eigenvalue weighted by Crippen LogP contribution is 2.31. The first kappa shape index (κ1) is 14.9. The Morgan fingerprint density at radius 2 is 1.84 bits per heavy atom. The van der Waals surface area contributed by atoms with Gasteiger partial charge >= 0.3 is 10.2 Å². The van der Waals surface area contributed by atoms with Crippen LogP contribution in [0.3, 0.4) is 0 Å². The zero-order chi connectivity index (χ0) is 14.4. The van der Waals surface area contributed by atoms with E-state index in [1.54, 1.807) is 0 Å². The van der Waals surface area contributed by atoms with Crippen LogP contribution in [0.2, 0.25) is 10.3 Å². The van der Waals surface area contributed by atoms with E-state index in [1.807, 2.05) is 0 Å². The van der Waals surface area contributed by atoms with Crippen molar-refractivity contribution in [2.45, 2.75) is 11.7 Å². The minimum absolute atomic E-state index is 0.0330. The van der Waals surface area contributed by atoms with Crippen LogP contribution < -0.4 is 4.90 Å². The molecule has 11 heteroatoms. The number of hydrogen-bond acceptors (Lipinski definition) is 5. The van der Waals surface area contributed by atoms with Crippen molar-refractivity contribution in [2.75, 3.05) is 11.4 Å². The molecule has 0 radical (unpaired) electrons. The largest absolute Gasteiger partial charge is 0.307 e. The van der Waals surface area contributed by atoms with Gasteiger partial charge in [-0.3, -0.25) is 9.69 Å². The van der Waals surface area contributed by atoms with E-state index in [-0.39, 0.29) is 27.3 Å². The van der Waals surface area contributed by atoms with E-state index in [2.05, 4.69) is 25.9 Å². The summed E-state index contributed by atoms with van der Waals surface area (Å²) < 4.78 is 34.7. The summed E-state index contributed by atoms with van der Waals surface area (Å²) in [6.45, 7) is -0.369. The second-order valence-corrected chi connectivity index (χ2v) is 6.85. The lowest BCUT2D eigenvalue weighted by Gasteiger charge is -2.14. The van der Waals surface area contributed by atoms with Crippen LogP contribution in [0.4, 0.5) is 9.83 Å². The molecule has 1 unspecified atom stereocenters. The van der Waals surface area contributed by atoms with Crippen LogP contribution in [-0.2, 0) is 15.0 Å². The number of amides is 1. The van der Waals surface area contributed by atoms with Gasteiger partial charge in [-0.05, 0) is 15.9 Å². The third-order valence-electron chi connectivity index (χ3n) is 2.49. The molecular formula is C8H5BrCl2FN3O3S. The lowest BCUT2D eigenvalue weighted by Crippen LogP contribution is -2.28. The molecule has 0 bridgehead atoms. The Hall–Kier alpha value is -0.510. The molecule has 19 heavy (non-hydrogen) atoms. The van der Waals surface area contributed by atoms with E-state index in [1.165, 1.54) is 0 Å². The summed E-state index contributed by atoms with van der Waals surface area (Å²) in [6.07, 6.45) is -0.465. The fraction of sp³-hybridized carbons (Fsp3) is 0.375. The summed E-state index contributed by atoms with van der Waals surface area (Å²) in [7, 11) is -4.80. The van der Waals surface area contributed by atoms with Crippen LogP contribution in [0.1, 0.15) is 6.42 Å². The molecule has 0 saturated carbocycles. The molecule has 2 heterocycles. The molecule has 104 valence electrons. The Morgan fingerprint density at radius 1 is 1.32 bits per heavy atom. The quantitative estimate of drug-likeness (QED) is 0.567. The number of hydrogen-bond donors (Lipinski definition) is 0. The summed E-state index contributed by atoms with van der Waals surface area (Å²) in [5.41, 5.74) is 0. The third kappa shape index (κ3) is 2.99. The first-order chi connectivity index (χ1) is 8.70. The molecule has 0 aromatic carbocycles. The molecule has 1 aromatic heterocycles. The number of carbonyl (C=O) groups excluding carboxylic acids is 1. The fourth-order valence-electron chi connectivity index (χ4n) is 1.56. The molecular weight excluding hydrogens is 388 g/mol. The van der Waals surface area contributed by atoms with Gasteiger partial charge in [0, 0.05) is 13.0 Å². The molecule has 1 aliphatic heterocycles. The summed E-state index contributed by atoms with van der Waals surface area (Å²) >= 11 is 14.6. The minimum atomic E-state index is -4.80. The monoisotopic (exact) mass is 391 g/mol. The molecule has 1 atom stereocenters. The fourth-order valence-corrected chi connectivity index (χ4v) is 2.79. The predicted octanol–water partition coefficient (Wildman–Crippen LogP) is 1.95. The zero-order valence-corrected chi connectivity index (χ0v) is 12.9. The lowest BCUT2D eigenvalue weighted by molar-refractivity contribution is -0.117. The Morgan fingerprint density at radius 3 is 2.26 bits per heavy atom. The second kappa shape index (κ2) is 5.12. The molecule has 0 spiro atoms. The average Bonchev–Trinajstić information content (AvgIpc) is 2.67. The molecule has 1 fully saturated rings. The van der Waals surface area contributed by atoms with Crippen molar-refractivity contribution in [2.24, 2.45) is 0 Å². The van der Waals surface area contributed by atoms with E-state index >= 15 is 0 Å². The number of halogens is 4. The standard InChI is InChI=1S/C8H5BrCl2FN3O3S/c9-5-6(10)13-8(14-7(5)11)15-2-3(1-4(15)16)19(12,17)18/h3H,1-2H2. The number of nitrogens with zero attached hydrogens (tertiary/aromatic N) is 3. The van der Waals surface area contributed by atoms with Gasteiger partial charge in [0.2, 0.25) is 11.9 Å². The van der Waals surface area contributed by atoms with Crippen LogP contribution in [0.25, 0.3) is 0 Å². The molecule has 2 rings (SSSR count). The lowest BCUT2D eigenvalue weighted by atomic mass is 10.4. The van der Waals surface area contributed by atoms with Gasteiger partial charge in [-0.15, -0.1) is 3.89 Å². The first-order valence-corrected chi connectivity index (χ1v) is 7.82. The SMILES string of the molecule is O=C1CC(S(=O)(=O)F)CN1c1nc(Cl)c(Br)c(Cl)n1. The Bertz CT molecular complexity index is 634. The molecule has 1 amide bonds. The Kier molecular flexibility index (Phi) is 4.01. The van der Waals surface area contributed by atoms with E-state index in [0.717, 1.165) is 4.90 Å². The van der Waals surface area contributed by atoms with Gasteiger partial charge in [0.1, 0.15) is 15.6 Å². The highest BCUT2D eigenvalue weighted by atomic mass is 79.9. The van der Waals surface area contributed by atoms with Crippen LogP contribution >= 0.6 is 39.1 Å². The maximum Gasteiger partial charge on any atom is 0.307 e. The Labute approximate surface area is 126 Å². The number of anilines is 1. The van der Waals surface area contributed by atoms with Crippen molar-refractivity contribution in [3.63, 3.8) is 0 Å². The van der Waals surface area contributed by atoms with E-state index in [0.29, 0.717) is 0 Å². The van der Waals surface area contributed by atoms with Gasteiger partial charge in [0.15, 0.2) is 0 Å². The minimum Gasteiger partial charge on any atom is -0.279 e. The van der Waals surface area contributed by atoms with E-state index in [4.69, 9.17) is 23.2 Å². The van der Waals surface area contributed by atoms with Crippen LogP contribution in [-0.4, -0.2) is 36.1 Å². The van der Waals surface area contributed by atoms with Crippen molar-refractivity contribution in [1.29, 1.82) is 0 Å². The molecule has 6 nitrogen and oxygen atoms in total. The molecule has 1 aromatic rings. The predicted molar refractivity (Wildman–Crippen MR) is 70.5 cm³/mol. The van der Waals surface area contributed by atoms with Crippen molar-refractivity contribution in [1.82, 2.24) is 9.97 Å². The van der Waals surface area contributed by atoms with Crippen LogP contribution in [0, 0.1) is 0 Å². The third-order valence-corrected chi connectivity index (χ3v) is 5.35. The Balaban J connectivity index is 2.36. The highest BCUT2D eigenvalue weighted by molar-refractivity contribution is 9.10. The normalized spacial score (nSPS) is 20.1. The summed E-state index contributed by atoms with van der Waals surface area (Å²) in [4.78, 5) is 20.2. The van der Waals surface area contributed by atoms with Crippen molar-refractivity contribution in [3.8, 4) is 0 Å². The molecule has 1 aliphatic rings. The molecule has 1 saturated heterocycles. The number of aromatic nitrogens is 2. The second-order valence-electron chi connectivity index (χ2n) is 3.73. The van der Waals surface area contributed by atoms with Gasteiger partial charge in [-0.2, -0.15) is 18.4 Å². The maximum absolute atomic E-state index is 12.9. The van der Waals surface area contributed by atoms with Crippen LogP contribution in [0.5, 0.6) is 0 Å². The van der Waals surface area contributed by atoms with Crippen molar-refractivity contribution in [3.05, 3.63) is 14.8 Å². The molecule has 0 aliphatic carbocycles.